The van der Waals surface area contributed by atoms with Crippen LogP contribution in [-0.2, 0) is 11.3 Å². The van der Waals surface area contributed by atoms with Crippen LogP contribution in [0.1, 0.15) is 13.3 Å². The van der Waals surface area contributed by atoms with Crippen molar-refractivity contribution in [3.8, 4) is 0 Å². The maximum absolute atomic E-state index is 12.2. The van der Waals surface area contributed by atoms with E-state index in [9.17, 15) is 19.5 Å². The lowest BCUT2D eigenvalue weighted by molar-refractivity contribution is -0.146. The van der Waals surface area contributed by atoms with Crippen LogP contribution < -0.4 is 11.0 Å². The molecule has 1 aromatic carbocycles. The largest absolute Gasteiger partial charge is 0.481 e. The summed E-state index contributed by atoms with van der Waals surface area (Å²) in [4.78, 5) is 39.6. The van der Waals surface area contributed by atoms with Gasteiger partial charge in [0.25, 0.3) is 0 Å². The van der Waals surface area contributed by atoms with Gasteiger partial charge in [0.05, 0.1) is 16.4 Å². The van der Waals surface area contributed by atoms with Gasteiger partial charge in [-0.25, -0.2) is 9.59 Å². The summed E-state index contributed by atoms with van der Waals surface area (Å²) < 4.78 is 1.57. The molecular formula is C16H20N4O4. The molecule has 1 aliphatic rings. The van der Waals surface area contributed by atoms with Crippen LogP contribution in [0.15, 0.2) is 29.1 Å². The van der Waals surface area contributed by atoms with E-state index in [1.165, 1.54) is 4.90 Å². The van der Waals surface area contributed by atoms with Gasteiger partial charge in [-0.15, -0.1) is 0 Å². The zero-order valence-corrected chi connectivity index (χ0v) is 13.4. The summed E-state index contributed by atoms with van der Waals surface area (Å²) in [6.07, 6.45) is 0.442. The fourth-order valence-corrected chi connectivity index (χ4v) is 3.02. The molecule has 0 bridgehead atoms. The van der Waals surface area contributed by atoms with Gasteiger partial charge in [0.1, 0.15) is 0 Å². The number of nitrogens with one attached hydrogen (secondary N) is 2. The smallest absolute Gasteiger partial charge is 0.326 e. The zero-order chi connectivity index (χ0) is 17.3. The number of aromatic nitrogens is 2. The van der Waals surface area contributed by atoms with Crippen LogP contribution >= 0.6 is 0 Å². The summed E-state index contributed by atoms with van der Waals surface area (Å²) in [6.45, 7) is 2.90. The Kier molecular flexibility index (Phi) is 4.04. The average Bonchev–Trinajstić information content (AvgIpc) is 3.09. The number of hydrogen-bond acceptors (Lipinski definition) is 3. The van der Waals surface area contributed by atoms with Gasteiger partial charge in [-0.2, -0.15) is 0 Å². The van der Waals surface area contributed by atoms with Crippen molar-refractivity contribution in [2.24, 2.45) is 5.41 Å². The molecule has 1 atom stereocenters. The summed E-state index contributed by atoms with van der Waals surface area (Å²) in [5.41, 5.74) is 0.442. The molecule has 0 aliphatic carbocycles. The van der Waals surface area contributed by atoms with Gasteiger partial charge < -0.3 is 20.3 Å². The number of urea groups is 1. The van der Waals surface area contributed by atoms with E-state index in [-0.39, 0.29) is 18.3 Å². The van der Waals surface area contributed by atoms with E-state index >= 15 is 0 Å². The lowest BCUT2D eigenvalue weighted by Crippen LogP contribution is -2.42. The van der Waals surface area contributed by atoms with Crippen molar-refractivity contribution < 1.29 is 14.7 Å². The Morgan fingerprint density at radius 3 is 2.83 bits per heavy atom. The first-order chi connectivity index (χ1) is 11.4. The van der Waals surface area contributed by atoms with Crippen molar-refractivity contribution in [3.05, 3.63) is 34.7 Å². The van der Waals surface area contributed by atoms with Crippen LogP contribution in [0.2, 0.25) is 0 Å². The van der Waals surface area contributed by atoms with Crippen LogP contribution in [0, 0.1) is 5.41 Å². The zero-order valence-electron chi connectivity index (χ0n) is 13.4. The molecule has 2 heterocycles. The van der Waals surface area contributed by atoms with Crippen molar-refractivity contribution in [2.75, 3.05) is 19.6 Å². The predicted molar refractivity (Wildman–Crippen MR) is 87.9 cm³/mol. The summed E-state index contributed by atoms with van der Waals surface area (Å²) in [5.74, 6) is -0.886. The Morgan fingerprint density at radius 2 is 2.12 bits per heavy atom. The Balaban J connectivity index is 1.59. The Labute approximate surface area is 138 Å². The monoisotopic (exact) mass is 332 g/mol. The molecule has 3 rings (SSSR count). The molecule has 0 radical (unpaired) electrons. The van der Waals surface area contributed by atoms with E-state index in [1.54, 1.807) is 11.5 Å². The van der Waals surface area contributed by atoms with Crippen molar-refractivity contribution in [2.45, 2.75) is 19.9 Å². The number of fused-ring (bicyclic) bond motifs is 1. The number of benzene rings is 1. The summed E-state index contributed by atoms with van der Waals surface area (Å²) >= 11 is 0. The number of H-pyrrole nitrogens is 1. The molecule has 8 heteroatoms. The third-order valence-corrected chi connectivity index (χ3v) is 4.57. The number of likely N-dealkylation sites (tertiary alicyclic amines) is 1. The first-order valence-electron chi connectivity index (χ1n) is 7.84. The Hall–Kier alpha value is -2.77. The third kappa shape index (κ3) is 2.86. The molecule has 1 aromatic heterocycles. The Bertz CT molecular complexity index is 840. The summed E-state index contributed by atoms with van der Waals surface area (Å²) in [6, 6.07) is 7.06. The first-order valence-corrected chi connectivity index (χ1v) is 7.84. The molecular weight excluding hydrogens is 312 g/mol. The van der Waals surface area contributed by atoms with Crippen molar-refractivity contribution in [3.63, 3.8) is 0 Å². The average molecular weight is 332 g/mol. The molecule has 0 spiro atoms. The van der Waals surface area contributed by atoms with E-state index in [2.05, 4.69) is 10.3 Å². The fourth-order valence-electron chi connectivity index (χ4n) is 3.02. The molecule has 2 aromatic rings. The van der Waals surface area contributed by atoms with Crippen molar-refractivity contribution in [1.82, 2.24) is 19.8 Å². The van der Waals surface area contributed by atoms with Gasteiger partial charge in [0.15, 0.2) is 0 Å². The highest BCUT2D eigenvalue weighted by Crippen LogP contribution is 2.29. The molecule has 1 unspecified atom stereocenters. The second kappa shape index (κ2) is 6.03. The number of rotatable bonds is 4. The summed E-state index contributed by atoms with van der Waals surface area (Å²) in [5, 5.41) is 12.0. The van der Waals surface area contributed by atoms with Gasteiger partial charge in [-0.3, -0.25) is 9.36 Å². The first kappa shape index (κ1) is 16.1. The lowest BCUT2D eigenvalue weighted by atomic mass is 9.90. The number of hydrogen-bond donors (Lipinski definition) is 3. The quantitative estimate of drug-likeness (QED) is 0.771. The minimum Gasteiger partial charge on any atom is -0.481 e. The number of carboxylic acid groups (broad SMARTS) is 1. The molecule has 1 aliphatic heterocycles. The number of carbonyl (C=O) groups is 2. The molecule has 1 saturated heterocycles. The third-order valence-electron chi connectivity index (χ3n) is 4.57. The molecule has 2 amide bonds. The lowest BCUT2D eigenvalue weighted by Gasteiger charge is -2.20. The molecule has 3 N–H and O–H groups in total. The van der Waals surface area contributed by atoms with E-state index in [0.717, 1.165) is 11.0 Å². The maximum atomic E-state index is 12.2. The topological polar surface area (TPSA) is 107 Å². The summed E-state index contributed by atoms with van der Waals surface area (Å²) in [7, 11) is 0. The molecule has 1 fully saturated rings. The molecule has 128 valence electrons. The number of carboxylic acids is 1. The van der Waals surface area contributed by atoms with Crippen LogP contribution in [0.4, 0.5) is 4.79 Å². The standard InChI is InChI=1S/C16H20N4O4/c1-16(13(21)22)6-8-19(10-16)14(23)17-7-9-20-12-5-3-2-4-11(12)18-15(20)24/h2-5H,6-10H2,1H3,(H,17,23)(H,18,24)(H,21,22). The number of para-hydroxylation sites is 2. The fraction of sp³-hybridized carbons (Fsp3) is 0.438. The highest BCUT2D eigenvalue weighted by atomic mass is 16.4. The molecule has 24 heavy (non-hydrogen) atoms. The number of amides is 2. The minimum atomic E-state index is -0.886. The van der Waals surface area contributed by atoms with E-state index in [4.69, 9.17) is 0 Å². The van der Waals surface area contributed by atoms with Gasteiger partial charge in [-0.1, -0.05) is 12.1 Å². The van der Waals surface area contributed by atoms with Crippen molar-refractivity contribution >= 4 is 23.0 Å². The van der Waals surface area contributed by atoms with Crippen LogP contribution in [0.3, 0.4) is 0 Å². The van der Waals surface area contributed by atoms with E-state index < -0.39 is 11.4 Å². The van der Waals surface area contributed by atoms with Gasteiger partial charge >= 0.3 is 17.7 Å². The number of aliphatic carboxylic acids is 1. The van der Waals surface area contributed by atoms with Crippen LogP contribution in [0.25, 0.3) is 11.0 Å². The van der Waals surface area contributed by atoms with Gasteiger partial charge in [0.2, 0.25) is 0 Å². The molecule has 8 nitrogen and oxygen atoms in total. The minimum absolute atomic E-state index is 0.196. The number of imidazole rings is 1. The van der Waals surface area contributed by atoms with Gasteiger partial charge in [-0.05, 0) is 25.5 Å². The predicted octanol–water partition coefficient (Wildman–Crippen LogP) is 0.836. The highest BCUT2D eigenvalue weighted by molar-refractivity contribution is 5.79. The van der Waals surface area contributed by atoms with Crippen LogP contribution in [-0.4, -0.2) is 51.2 Å². The number of nitrogens with zero attached hydrogens (tertiary/aromatic N) is 2. The van der Waals surface area contributed by atoms with E-state index in [0.29, 0.717) is 26.1 Å². The SMILES string of the molecule is CC1(C(=O)O)CCN(C(=O)NCCn2c(=O)[nH]c3ccccc32)C1. The highest BCUT2D eigenvalue weighted by Gasteiger charge is 2.42. The number of aromatic amines is 1. The van der Waals surface area contributed by atoms with E-state index in [1.807, 2.05) is 24.3 Å². The second-order valence-corrected chi connectivity index (χ2v) is 6.37. The van der Waals surface area contributed by atoms with Crippen LogP contribution in [0.5, 0.6) is 0 Å². The van der Waals surface area contributed by atoms with Gasteiger partial charge in [0, 0.05) is 26.2 Å². The second-order valence-electron chi connectivity index (χ2n) is 6.37. The normalized spacial score (nSPS) is 20.5. The number of carbonyl (C=O) groups excluding carboxylic acids is 1. The Morgan fingerprint density at radius 1 is 1.38 bits per heavy atom. The maximum Gasteiger partial charge on any atom is 0.326 e. The molecule has 0 saturated carbocycles. The van der Waals surface area contributed by atoms with Crippen molar-refractivity contribution in [1.29, 1.82) is 0 Å².